The van der Waals surface area contributed by atoms with E-state index in [1.807, 2.05) is 60.7 Å². The first-order valence-electron chi connectivity index (χ1n) is 7.87. The van der Waals surface area contributed by atoms with Crippen molar-refractivity contribution in [2.75, 3.05) is 0 Å². The molecule has 1 heterocycles. The van der Waals surface area contributed by atoms with E-state index in [2.05, 4.69) is 34.7 Å². The van der Waals surface area contributed by atoms with Crippen LogP contribution in [0.15, 0.2) is 72.8 Å². The minimum Gasteiger partial charge on any atom is -0.457 e. The Balaban J connectivity index is 1.72. The Morgan fingerprint density at radius 1 is 0.833 bits per heavy atom. The summed E-state index contributed by atoms with van der Waals surface area (Å²) >= 11 is 2.25. The number of fused-ring (bicyclic) bond motifs is 2. The number of ketones is 1. The molecule has 3 heteroatoms. The van der Waals surface area contributed by atoms with E-state index in [0.29, 0.717) is 6.42 Å². The lowest BCUT2D eigenvalue weighted by Gasteiger charge is -2.27. The first-order chi connectivity index (χ1) is 11.7. The SMILES string of the molecule is O=C(CC1c2ccccc2Oc2ccccc21)c1ccc(I)cc1. The summed E-state index contributed by atoms with van der Waals surface area (Å²) in [5.74, 6) is 1.87. The molecule has 1 aliphatic heterocycles. The van der Waals surface area contributed by atoms with Gasteiger partial charge in [0.2, 0.25) is 0 Å². The third-order valence-electron chi connectivity index (χ3n) is 4.36. The summed E-state index contributed by atoms with van der Waals surface area (Å²) in [6.07, 6.45) is 0.442. The van der Waals surface area contributed by atoms with E-state index in [-0.39, 0.29) is 11.7 Å². The third kappa shape index (κ3) is 2.84. The molecule has 0 fully saturated rings. The summed E-state index contributed by atoms with van der Waals surface area (Å²) in [5, 5.41) is 0. The molecule has 0 aromatic heterocycles. The van der Waals surface area contributed by atoms with Crippen molar-refractivity contribution in [1.29, 1.82) is 0 Å². The quantitative estimate of drug-likeness (QED) is 0.391. The van der Waals surface area contributed by atoms with Crippen molar-refractivity contribution < 1.29 is 9.53 Å². The Bertz CT molecular complexity index is 854. The van der Waals surface area contributed by atoms with Crippen LogP contribution in [0, 0.1) is 3.57 Å². The van der Waals surface area contributed by atoms with E-state index >= 15 is 0 Å². The van der Waals surface area contributed by atoms with Crippen molar-refractivity contribution in [3.05, 3.63) is 93.1 Å². The number of hydrogen-bond acceptors (Lipinski definition) is 2. The average molecular weight is 426 g/mol. The molecule has 0 saturated carbocycles. The number of Topliss-reactive ketones (excluding diaryl/α,β-unsaturated/α-hetero) is 1. The highest BCUT2D eigenvalue weighted by atomic mass is 127. The molecule has 2 nitrogen and oxygen atoms in total. The van der Waals surface area contributed by atoms with Gasteiger partial charge in [0.15, 0.2) is 5.78 Å². The van der Waals surface area contributed by atoms with Crippen LogP contribution in [-0.4, -0.2) is 5.78 Å². The van der Waals surface area contributed by atoms with Crippen molar-refractivity contribution in [1.82, 2.24) is 0 Å². The van der Waals surface area contributed by atoms with Crippen LogP contribution in [-0.2, 0) is 0 Å². The standard InChI is InChI=1S/C21H15IO2/c22-15-11-9-14(10-12-15)19(23)13-18-16-5-1-3-7-20(16)24-21-8-4-2-6-17(18)21/h1-12,18H,13H2. The summed E-state index contributed by atoms with van der Waals surface area (Å²) in [6.45, 7) is 0. The first-order valence-corrected chi connectivity index (χ1v) is 8.95. The molecule has 0 saturated heterocycles. The summed E-state index contributed by atoms with van der Waals surface area (Å²) < 4.78 is 7.13. The zero-order chi connectivity index (χ0) is 16.5. The van der Waals surface area contributed by atoms with Crippen LogP contribution in [0.4, 0.5) is 0 Å². The second-order valence-corrected chi connectivity index (χ2v) is 7.11. The maximum Gasteiger partial charge on any atom is 0.163 e. The van der Waals surface area contributed by atoms with Crippen LogP contribution in [0.5, 0.6) is 11.5 Å². The minimum absolute atomic E-state index is 0.0259. The number of benzene rings is 3. The van der Waals surface area contributed by atoms with Crippen LogP contribution in [0.1, 0.15) is 33.8 Å². The molecule has 1 aliphatic rings. The number of hydrogen-bond donors (Lipinski definition) is 0. The van der Waals surface area contributed by atoms with Gasteiger partial charge in [-0.05, 0) is 46.9 Å². The lowest BCUT2D eigenvalue weighted by Crippen LogP contribution is -2.14. The predicted molar refractivity (Wildman–Crippen MR) is 103 cm³/mol. The number of carbonyl (C=O) groups excluding carboxylic acids is 1. The van der Waals surface area contributed by atoms with Crippen LogP contribution < -0.4 is 4.74 Å². The Hall–Kier alpha value is -2.14. The van der Waals surface area contributed by atoms with Crippen molar-refractivity contribution >= 4 is 28.4 Å². The minimum atomic E-state index is 0.0259. The lowest BCUT2D eigenvalue weighted by atomic mass is 9.83. The maximum absolute atomic E-state index is 12.8. The molecule has 0 radical (unpaired) electrons. The van der Waals surface area contributed by atoms with E-state index < -0.39 is 0 Å². The smallest absolute Gasteiger partial charge is 0.163 e. The predicted octanol–water partition coefficient (Wildman–Crippen LogP) is 5.80. The fourth-order valence-corrected chi connectivity index (χ4v) is 3.53. The van der Waals surface area contributed by atoms with Gasteiger partial charge >= 0.3 is 0 Å². The zero-order valence-electron chi connectivity index (χ0n) is 12.9. The molecule has 3 aromatic carbocycles. The second-order valence-electron chi connectivity index (χ2n) is 5.86. The van der Waals surface area contributed by atoms with Crippen molar-refractivity contribution in [3.63, 3.8) is 0 Å². The lowest BCUT2D eigenvalue weighted by molar-refractivity contribution is 0.0976. The van der Waals surface area contributed by atoms with E-state index in [4.69, 9.17) is 4.74 Å². The van der Waals surface area contributed by atoms with Gasteiger partial charge in [0, 0.05) is 32.6 Å². The molecular weight excluding hydrogens is 411 g/mol. The van der Waals surface area contributed by atoms with Gasteiger partial charge in [-0.15, -0.1) is 0 Å². The number of halogens is 1. The highest BCUT2D eigenvalue weighted by Crippen LogP contribution is 2.45. The van der Waals surface area contributed by atoms with Crippen molar-refractivity contribution in [2.24, 2.45) is 0 Å². The highest BCUT2D eigenvalue weighted by Gasteiger charge is 2.28. The van der Waals surface area contributed by atoms with E-state index in [1.54, 1.807) is 0 Å². The van der Waals surface area contributed by atoms with Crippen LogP contribution in [0.25, 0.3) is 0 Å². The zero-order valence-corrected chi connectivity index (χ0v) is 15.1. The number of ether oxygens (including phenoxy) is 1. The highest BCUT2D eigenvalue weighted by molar-refractivity contribution is 14.1. The number of carbonyl (C=O) groups is 1. The molecule has 118 valence electrons. The molecule has 0 spiro atoms. The third-order valence-corrected chi connectivity index (χ3v) is 5.08. The monoisotopic (exact) mass is 426 g/mol. The molecular formula is C21H15IO2. The Labute approximate surface area is 154 Å². The van der Waals surface area contributed by atoms with E-state index in [0.717, 1.165) is 31.8 Å². The van der Waals surface area contributed by atoms with Gasteiger partial charge < -0.3 is 4.74 Å². The molecule has 0 amide bonds. The van der Waals surface area contributed by atoms with Crippen molar-refractivity contribution in [3.8, 4) is 11.5 Å². The summed E-state index contributed by atoms with van der Waals surface area (Å²) in [6, 6.07) is 23.7. The Kier molecular flexibility index (Phi) is 4.10. The van der Waals surface area contributed by atoms with Gasteiger partial charge in [-0.1, -0.05) is 48.5 Å². The van der Waals surface area contributed by atoms with Gasteiger partial charge in [0.25, 0.3) is 0 Å². The van der Waals surface area contributed by atoms with Crippen LogP contribution in [0.3, 0.4) is 0 Å². The molecule has 4 rings (SSSR count). The average Bonchev–Trinajstić information content (AvgIpc) is 2.62. The number of rotatable bonds is 3. The maximum atomic E-state index is 12.8. The van der Waals surface area contributed by atoms with Gasteiger partial charge in [0.1, 0.15) is 11.5 Å². The second kappa shape index (κ2) is 6.40. The Morgan fingerprint density at radius 2 is 1.38 bits per heavy atom. The Morgan fingerprint density at radius 3 is 1.96 bits per heavy atom. The summed E-state index contributed by atoms with van der Waals surface area (Å²) in [4.78, 5) is 12.8. The molecule has 0 aliphatic carbocycles. The fraction of sp³-hybridized carbons (Fsp3) is 0.0952. The largest absolute Gasteiger partial charge is 0.457 e. The first kappa shape index (κ1) is 15.4. The molecule has 0 bridgehead atoms. The number of para-hydroxylation sites is 2. The van der Waals surface area contributed by atoms with E-state index in [9.17, 15) is 4.79 Å². The molecule has 24 heavy (non-hydrogen) atoms. The van der Waals surface area contributed by atoms with E-state index in [1.165, 1.54) is 0 Å². The molecule has 0 unspecified atom stereocenters. The van der Waals surface area contributed by atoms with Crippen LogP contribution in [0.2, 0.25) is 0 Å². The van der Waals surface area contributed by atoms with Gasteiger partial charge in [-0.25, -0.2) is 0 Å². The topological polar surface area (TPSA) is 26.3 Å². The fourth-order valence-electron chi connectivity index (χ4n) is 3.17. The van der Waals surface area contributed by atoms with Crippen molar-refractivity contribution in [2.45, 2.75) is 12.3 Å². The van der Waals surface area contributed by atoms with Gasteiger partial charge in [-0.3, -0.25) is 4.79 Å². The summed E-state index contributed by atoms with van der Waals surface area (Å²) in [7, 11) is 0. The van der Waals surface area contributed by atoms with Crippen LogP contribution >= 0.6 is 22.6 Å². The summed E-state index contributed by atoms with van der Waals surface area (Å²) in [5.41, 5.74) is 2.92. The molecule has 0 N–H and O–H groups in total. The normalized spacial score (nSPS) is 12.9. The van der Waals surface area contributed by atoms with Gasteiger partial charge in [0.05, 0.1) is 0 Å². The molecule has 3 aromatic rings. The molecule has 0 atom stereocenters. The van der Waals surface area contributed by atoms with Gasteiger partial charge in [-0.2, -0.15) is 0 Å².